The third-order valence-electron chi connectivity index (χ3n) is 3.57. The van der Waals surface area contributed by atoms with Gasteiger partial charge in [0.25, 0.3) is 5.22 Å². The molecule has 3 aromatic rings. The SMILES string of the molecule is COc1ccc(-c2nnc(SCC(=O)Nc3ccc(Cl)c(Cl)c3)o2)cc1OC. The zero-order chi connectivity index (χ0) is 20.1. The number of halogens is 2. The van der Waals surface area contributed by atoms with Gasteiger partial charge in [0.05, 0.1) is 30.0 Å². The molecule has 1 amide bonds. The first-order valence-electron chi connectivity index (χ1n) is 7.93. The molecule has 7 nitrogen and oxygen atoms in total. The molecule has 1 heterocycles. The number of aromatic nitrogens is 2. The first kappa shape index (κ1) is 20.3. The molecule has 0 unspecified atom stereocenters. The molecule has 0 atom stereocenters. The van der Waals surface area contributed by atoms with Gasteiger partial charge in [-0.2, -0.15) is 0 Å². The molecular weight excluding hydrogens is 425 g/mol. The fourth-order valence-corrected chi connectivity index (χ4v) is 3.11. The maximum absolute atomic E-state index is 12.1. The van der Waals surface area contributed by atoms with E-state index in [9.17, 15) is 4.79 Å². The van der Waals surface area contributed by atoms with Crippen LogP contribution in [-0.4, -0.2) is 36.1 Å². The van der Waals surface area contributed by atoms with E-state index in [-0.39, 0.29) is 16.9 Å². The van der Waals surface area contributed by atoms with E-state index < -0.39 is 0 Å². The Labute approximate surface area is 175 Å². The Kier molecular flexibility index (Phi) is 6.66. The standard InChI is InChI=1S/C18H15Cl2N3O4S/c1-25-14-6-3-10(7-15(14)26-2)17-22-23-18(27-17)28-9-16(24)21-11-4-5-12(19)13(20)8-11/h3-8H,9H2,1-2H3,(H,21,24). The summed E-state index contributed by atoms with van der Waals surface area (Å²) in [4.78, 5) is 12.1. The second-order valence-corrected chi connectivity index (χ2v) is 7.15. The van der Waals surface area contributed by atoms with Gasteiger partial charge in [0.2, 0.25) is 11.8 Å². The molecule has 1 N–H and O–H groups in total. The van der Waals surface area contributed by atoms with Crippen LogP contribution in [0, 0.1) is 0 Å². The number of hydrogen-bond donors (Lipinski definition) is 1. The predicted octanol–water partition coefficient (Wildman–Crippen LogP) is 4.79. The van der Waals surface area contributed by atoms with Crippen molar-refractivity contribution in [3.63, 3.8) is 0 Å². The number of hydrogen-bond acceptors (Lipinski definition) is 7. The zero-order valence-corrected chi connectivity index (χ0v) is 17.2. The summed E-state index contributed by atoms with van der Waals surface area (Å²) in [5.41, 5.74) is 1.23. The largest absolute Gasteiger partial charge is 0.493 e. The van der Waals surface area contributed by atoms with E-state index in [1.807, 2.05) is 0 Å². The number of anilines is 1. The van der Waals surface area contributed by atoms with Crippen LogP contribution < -0.4 is 14.8 Å². The number of ether oxygens (including phenoxy) is 2. The van der Waals surface area contributed by atoms with Gasteiger partial charge in [-0.3, -0.25) is 4.79 Å². The third kappa shape index (κ3) is 4.89. The Morgan fingerprint density at radius 2 is 1.86 bits per heavy atom. The lowest BCUT2D eigenvalue weighted by molar-refractivity contribution is -0.113. The number of benzene rings is 2. The van der Waals surface area contributed by atoms with Gasteiger partial charge in [0.15, 0.2) is 11.5 Å². The molecule has 0 fully saturated rings. The number of nitrogens with zero attached hydrogens (tertiary/aromatic N) is 2. The van der Waals surface area contributed by atoms with Crippen molar-refractivity contribution in [3.05, 3.63) is 46.4 Å². The number of carbonyl (C=O) groups excluding carboxylic acids is 1. The van der Waals surface area contributed by atoms with E-state index in [1.165, 1.54) is 0 Å². The van der Waals surface area contributed by atoms with Crippen LogP contribution in [0.4, 0.5) is 5.69 Å². The van der Waals surface area contributed by atoms with E-state index in [0.29, 0.717) is 38.7 Å². The molecule has 10 heteroatoms. The van der Waals surface area contributed by atoms with E-state index in [1.54, 1.807) is 50.6 Å². The lowest BCUT2D eigenvalue weighted by Gasteiger charge is -2.07. The maximum Gasteiger partial charge on any atom is 0.277 e. The van der Waals surface area contributed by atoms with Crippen molar-refractivity contribution in [2.45, 2.75) is 5.22 Å². The summed E-state index contributed by atoms with van der Waals surface area (Å²) in [5.74, 6) is 1.31. The lowest BCUT2D eigenvalue weighted by atomic mass is 10.2. The highest BCUT2D eigenvalue weighted by atomic mass is 35.5. The third-order valence-corrected chi connectivity index (χ3v) is 5.12. The molecule has 0 saturated carbocycles. The van der Waals surface area contributed by atoms with Crippen LogP contribution in [0.25, 0.3) is 11.5 Å². The van der Waals surface area contributed by atoms with Crippen LogP contribution in [0.15, 0.2) is 46.0 Å². The van der Waals surface area contributed by atoms with Gasteiger partial charge in [0, 0.05) is 11.3 Å². The zero-order valence-electron chi connectivity index (χ0n) is 14.9. The lowest BCUT2D eigenvalue weighted by Crippen LogP contribution is -2.13. The van der Waals surface area contributed by atoms with Crippen LogP contribution in [0.1, 0.15) is 0 Å². The highest BCUT2D eigenvalue weighted by Crippen LogP contribution is 2.32. The van der Waals surface area contributed by atoms with E-state index >= 15 is 0 Å². The Hall–Kier alpha value is -2.42. The number of thioether (sulfide) groups is 1. The molecule has 0 bridgehead atoms. The fraction of sp³-hybridized carbons (Fsp3) is 0.167. The number of amides is 1. The molecule has 28 heavy (non-hydrogen) atoms. The van der Waals surface area contributed by atoms with Crippen molar-refractivity contribution in [1.29, 1.82) is 0 Å². The summed E-state index contributed by atoms with van der Waals surface area (Å²) >= 11 is 12.9. The molecule has 0 radical (unpaired) electrons. The van der Waals surface area contributed by atoms with Gasteiger partial charge >= 0.3 is 0 Å². The monoisotopic (exact) mass is 439 g/mol. The normalized spacial score (nSPS) is 10.6. The molecular formula is C18H15Cl2N3O4S. The van der Waals surface area contributed by atoms with Gasteiger partial charge in [-0.05, 0) is 36.4 Å². The highest BCUT2D eigenvalue weighted by Gasteiger charge is 2.14. The minimum absolute atomic E-state index is 0.0911. The van der Waals surface area contributed by atoms with Crippen LogP contribution in [0.2, 0.25) is 10.0 Å². The van der Waals surface area contributed by atoms with Crippen molar-refractivity contribution >= 4 is 46.6 Å². The van der Waals surface area contributed by atoms with E-state index in [4.69, 9.17) is 37.1 Å². The van der Waals surface area contributed by atoms with Crippen molar-refractivity contribution in [2.75, 3.05) is 25.3 Å². The quantitative estimate of drug-likeness (QED) is 0.529. The predicted molar refractivity (Wildman–Crippen MR) is 109 cm³/mol. The van der Waals surface area contributed by atoms with Gasteiger partial charge in [-0.25, -0.2) is 0 Å². The fourth-order valence-electron chi connectivity index (χ4n) is 2.25. The molecule has 146 valence electrons. The van der Waals surface area contributed by atoms with E-state index in [0.717, 1.165) is 11.8 Å². The molecule has 0 aliphatic rings. The summed E-state index contributed by atoms with van der Waals surface area (Å²) < 4.78 is 16.1. The average Bonchev–Trinajstić information content (AvgIpc) is 3.17. The summed E-state index contributed by atoms with van der Waals surface area (Å²) in [6, 6.07) is 10.1. The first-order chi connectivity index (χ1) is 13.5. The van der Waals surface area contributed by atoms with Crippen LogP contribution in [0.5, 0.6) is 11.5 Å². The Bertz CT molecular complexity index is 997. The van der Waals surface area contributed by atoms with Gasteiger partial charge < -0.3 is 19.2 Å². The van der Waals surface area contributed by atoms with E-state index in [2.05, 4.69) is 15.5 Å². The highest BCUT2D eigenvalue weighted by molar-refractivity contribution is 7.99. The number of nitrogens with one attached hydrogen (secondary N) is 1. The van der Waals surface area contributed by atoms with Crippen molar-refractivity contribution in [1.82, 2.24) is 10.2 Å². The first-order valence-corrected chi connectivity index (χ1v) is 9.68. The van der Waals surface area contributed by atoms with Gasteiger partial charge in [-0.15, -0.1) is 10.2 Å². The Balaban J connectivity index is 1.61. The molecule has 0 saturated heterocycles. The molecule has 2 aromatic carbocycles. The second-order valence-electron chi connectivity index (χ2n) is 5.41. The van der Waals surface area contributed by atoms with Crippen molar-refractivity contribution in [2.24, 2.45) is 0 Å². The number of rotatable bonds is 7. The smallest absolute Gasteiger partial charge is 0.277 e. The number of methoxy groups -OCH3 is 2. The van der Waals surface area contributed by atoms with Crippen LogP contribution in [-0.2, 0) is 4.79 Å². The molecule has 1 aromatic heterocycles. The molecule has 0 aliphatic heterocycles. The Morgan fingerprint density at radius 3 is 2.57 bits per heavy atom. The van der Waals surface area contributed by atoms with Gasteiger partial charge in [0.1, 0.15) is 0 Å². The van der Waals surface area contributed by atoms with Crippen molar-refractivity contribution < 1.29 is 18.7 Å². The summed E-state index contributed by atoms with van der Waals surface area (Å²) in [6.07, 6.45) is 0. The minimum Gasteiger partial charge on any atom is -0.493 e. The molecule has 3 rings (SSSR count). The maximum atomic E-state index is 12.1. The minimum atomic E-state index is -0.241. The van der Waals surface area contributed by atoms with Crippen molar-refractivity contribution in [3.8, 4) is 23.0 Å². The summed E-state index contributed by atoms with van der Waals surface area (Å²) in [7, 11) is 3.10. The Morgan fingerprint density at radius 1 is 1.07 bits per heavy atom. The molecule has 0 spiro atoms. The average molecular weight is 440 g/mol. The van der Waals surface area contributed by atoms with Crippen LogP contribution >= 0.6 is 35.0 Å². The van der Waals surface area contributed by atoms with Crippen LogP contribution in [0.3, 0.4) is 0 Å². The second kappa shape index (κ2) is 9.18. The molecule has 0 aliphatic carbocycles. The topological polar surface area (TPSA) is 86.5 Å². The van der Waals surface area contributed by atoms with Gasteiger partial charge in [-0.1, -0.05) is 35.0 Å². The summed E-state index contributed by atoms with van der Waals surface area (Å²) in [6.45, 7) is 0. The number of carbonyl (C=O) groups is 1. The summed E-state index contributed by atoms with van der Waals surface area (Å²) in [5, 5.41) is 11.7.